The molecule has 1 aromatic carbocycles. The Bertz CT molecular complexity index is 1060. The SMILES string of the molecule is CC(c1ccc(OCC(F)(F)F)c(Cl)c1)N1Cc2c(ccnc2NC(=O)CC2CC2)C1=O. The molecule has 1 aromatic heterocycles. The van der Waals surface area contributed by atoms with Gasteiger partial charge in [-0.3, -0.25) is 9.59 Å². The second-order valence-electron chi connectivity index (χ2n) is 8.08. The summed E-state index contributed by atoms with van der Waals surface area (Å²) in [6, 6.07) is 5.62. The lowest BCUT2D eigenvalue weighted by Crippen LogP contribution is -2.27. The van der Waals surface area contributed by atoms with E-state index in [-0.39, 0.29) is 29.1 Å². The van der Waals surface area contributed by atoms with E-state index in [2.05, 4.69) is 10.3 Å². The minimum Gasteiger partial charge on any atom is -0.483 e. The van der Waals surface area contributed by atoms with Crippen LogP contribution < -0.4 is 10.1 Å². The van der Waals surface area contributed by atoms with E-state index in [0.717, 1.165) is 12.8 Å². The molecule has 1 atom stereocenters. The van der Waals surface area contributed by atoms with Crippen LogP contribution in [0.5, 0.6) is 5.75 Å². The maximum atomic E-state index is 13.0. The maximum absolute atomic E-state index is 13.0. The van der Waals surface area contributed by atoms with E-state index in [0.29, 0.717) is 34.8 Å². The number of hydrogen-bond acceptors (Lipinski definition) is 4. The molecule has 2 aliphatic rings. The first-order chi connectivity index (χ1) is 15.1. The largest absolute Gasteiger partial charge is 0.483 e. The standard InChI is InChI=1S/C22H21ClF3N3O3/c1-12(14-4-5-18(17(23)9-14)32-11-22(24,25)26)29-10-16-15(21(29)31)6-7-27-20(16)28-19(30)8-13-2-3-13/h4-7,9,12-13H,2-3,8,10-11H2,1H3,(H,27,28,30). The zero-order chi connectivity index (χ0) is 23.0. The first-order valence-corrected chi connectivity index (χ1v) is 10.6. The fourth-order valence-corrected chi connectivity index (χ4v) is 3.91. The monoisotopic (exact) mass is 467 g/mol. The molecular weight excluding hydrogens is 447 g/mol. The Balaban J connectivity index is 1.49. The lowest BCUT2D eigenvalue weighted by Gasteiger charge is -2.25. The van der Waals surface area contributed by atoms with Crippen LogP contribution in [-0.2, 0) is 11.3 Å². The Morgan fingerprint density at radius 2 is 2.09 bits per heavy atom. The fraction of sp³-hybridized carbons (Fsp3) is 0.409. The summed E-state index contributed by atoms with van der Waals surface area (Å²) >= 11 is 6.11. The Labute approximate surface area is 187 Å². The molecule has 32 heavy (non-hydrogen) atoms. The molecule has 1 aliphatic carbocycles. The maximum Gasteiger partial charge on any atom is 0.422 e. The molecule has 0 saturated heterocycles. The lowest BCUT2D eigenvalue weighted by atomic mass is 10.1. The molecular formula is C22H21ClF3N3O3. The number of aromatic nitrogens is 1. The minimum absolute atomic E-state index is 0.0254. The molecule has 2 amide bonds. The first kappa shape index (κ1) is 22.4. The van der Waals surface area contributed by atoms with Gasteiger partial charge in [0, 0.05) is 23.7 Å². The van der Waals surface area contributed by atoms with E-state index >= 15 is 0 Å². The normalized spacial score (nSPS) is 16.7. The quantitative estimate of drug-likeness (QED) is 0.612. The number of rotatable bonds is 7. The minimum atomic E-state index is -4.47. The van der Waals surface area contributed by atoms with Crippen molar-refractivity contribution in [2.24, 2.45) is 5.92 Å². The number of carbonyl (C=O) groups excluding carboxylic acids is 2. The van der Waals surface area contributed by atoms with Gasteiger partial charge in [-0.2, -0.15) is 13.2 Å². The highest BCUT2D eigenvalue weighted by atomic mass is 35.5. The van der Waals surface area contributed by atoms with Crippen molar-refractivity contribution in [2.45, 2.75) is 44.9 Å². The highest BCUT2D eigenvalue weighted by Crippen LogP contribution is 2.37. The van der Waals surface area contributed by atoms with Gasteiger partial charge in [-0.1, -0.05) is 17.7 Å². The van der Waals surface area contributed by atoms with E-state index in [1.807, 2.05) is 0 Å². The van der Waals surface area contributed by atoms with Gasteiger partial charge in [0.15, 0.2) is 6.61 Å². The van der Waals surface area contributed by atoms with Crippen LogP contribution in [0.25, 0.3) is 0 Å². The number of fused-ring (bicyclic) bond motifs is 1. The van der Waals surface area contributed by atoms with Gasteiger partial charge >= 0.3 is 6.18 Å². The fourth-order valence-electron chi connectivity index (χ4n) is 3.67. The van der Waals surface area contributed by atoms with Crippen molar-refractivity contribution in [2.75, 3.05) is 11.9 Å². The van der Waals surface area contributed by atoms with Gasteiger partial charge in [-0.25, -0.2) is 4.98 Å². The summed E-state index contributed by atoms with van der Waals surface area (Å²) in [5, 5.41) is 2.84. The van der Waals surface area contributed by atoms with Crippen LogP contribution in [0.1, 0.15) is 53.7 Å². The van der Waals surface area contributed by atoms with Gasteiger partial charge in [0.05, 0.1) is 17.6 Å². The van der Waals surface area contributed by atoms with Gasteiger partial charge in [-0.05, 0) is 49.4 Å². The third-order valence-corrected chi connectivity index (χ3v) is 5.90. The molecule has 1 N–H and O–H groups in total. The van der Waals surface area contributed by atoms with Crippen LogP contribution in [0.15, 0.2) is 30.5 Å². The number of pyridine rings is 1. The van der Waals surface area contributed by atoms with Crippen molar-refractivity contribution < 1.29 is 27.5 Å². The van der Waals surface area contributed by atoms with Crippen molar-refractivity contribution >= 4 is 29.2 Å². The summed E-state index contributed by atoms with van der Waals surface area (Å²) in [6.07, 6.45) is -0.426. The van der Waals surface area contributed by atoms with Crippen molar-refractivity contribution in [1.82, 2.24) is 9.88 Å². The van der Waals surface area contributed by atoms with E-state index in [4.69, 9.17) is 16.3 Å². The van der Waals surface area contributed by atoms with Gasteiger partial charge in [0.25, 0.3) is 5.91 Å². The van der Waals surface area contributed by atoms with Crippen LogP contribution in [0, 0.1) is 5.92 Å². The Hall–Kier alpha value is -2.81. The molecule has 1 unspecified atom stereocenters. The van der Waals surface area contributed by atoms with Gasteiger partial charge in [0.2, 0.25) is 5.91 Å². The van der Waals surface area contributed by atoms with Crippen molar-refractivity contribution in [3.63, 3.8) is 0 Å². The Kier molecular flexibility index (Phi) is 6.03. The molecule has 2 heterocycles. The predicted molar refractivity (Wildman–Crippen MR) is 111 cm³/mol. The second-order valence-corrected chi connectivity index (χ2v) is 8.49. The number of benzene rings is 1. The van der Waals surface area contributed by atoms with Crippen molar-refractivity contribution in [1.29, 1.82) is 0 Å². The molecule has 0 spiro atoms. The Morgan fingerprint density at radius 3 is 2.75 bits per heavy atom. The summed E-state index contributed by atoms with van der Waals surface area (Å²) in [7, 11) is 0. The van der Waals surface area contributed by atoms with E-state index in [1.54, 1.807) is 24.0 Å². The van der Waals surface area contributed by atoms with E-state index in [1.165, 1.54) is 18.3 Å². The first-order valence-electron chi connectivity index (χ1n) is 10.2. The summed E-state index contributed by atoms with van der Waals surface area (Å²) in [5.41, 5.74) is 1.75. The topological polar surface area (TPSA) is 71.5 Å². The number of hydrogen-bond donors (Lipinski definition) is 1. The number of ether oxygens (including phenoxy) is 1. The van der Waals surface area contributed by atoms with E-state index in [9.17, 15) is 22.8 Å². The number of nitrogens with one attached hydrogen (secondary N) is 1. The molecule has 6 nitrogen and oxygen atoms in total. The molecule has 2 aromatic rings. The number of halogens is 4. The summed E-state index contributed by atoms with van der Waals surface area (Å²) in [4.78, 5) is 31.1. The zero-order valence-electron chi connectivity index (χ0n) is 17.2. The molecule has 10 heteroatoms. The van der Waals surface area contributed by atoms with Crippen molar-refractivity contribution in [3.8, 4) is 5.75 Å². The average Bonchev–Trinajstić information content (AvgIpc) is 3.47. The smallest absolute Gasteiger partial charge is 0.422 e. The highest BCUT2D eigenvalue weighted by Gasteiger charge is 2.35. The molecule has 170 valence electrons. The number of alkyl halides is 3. The van der Waals surface area contributed by atoms with E-state index < -0.39 is 18.8 Å². The number of nitrogens with zero attached hydrogens (tertiary/aromatic N) is 2. The van der Waals surface area contributed by atoms with Gasteiger partial charge in [0.1, 0.15) is 11.6 Å². The Morgan fingerprint density at radius 1 is 1.34 bits per heavy atom. The highest BCUT2D eigenvalue weighted by molar-refractivity contribution is 6.32. The summed E-state index contributed by atoms with van der Waals surface area (Å²) in [5.74, 6) is 0.387. The number of anilines is 1. The molecule has 0 bridgehead atoms. The van der Waals surface area contributed by atoms with Crippen LogP contribution >= 0.6 is 11.6 Å². The van der Waals surface area contributed by atoms with Crippen LogP contribution in [0.2, 0.25) is 5.02 Å². The third-order valence-electron chi connectivity index (χ3n) is 5.60. The van der Waals surface area contributed by atoms with Crippen molar-refractivity contribution in [3.05, 3.63) is 52.2 Å². The zero-order valence-corrected chi connectivity index (χ0v) is 18.0. The molecule has 4 rings (SSSR count). The molecule has 0 radical (unpaired) electrons. The molecule has 1 saturated carbocycles. The van der Waals surface area contributed by atoms with Gasteiger partial charge in [-0.15, -0.1) is 0 Å². The molecule has 1 aliphatic heterocycles. The molecule has 1 fully saturated rings. The predicted octanol–water partition coefficient (Wildman–Crippen LogP) is 5.13. The van der Waals surface area contributed by atoms with Gasteiger partial charge < -0.3 is 15.0 Å². The summed E-state index contributed by atoms with van der Waals surface area (Å²) < 4.78 is 41.9. The third kappa shape index (κ3) is 4.98. The number of carbonyl (C=O) groups is 2. The number of amides is 2. The second kappa shape index (κ2) is 8.61. The van der Waals surface area contributed by atoms with Crippen LogP contribution in [0.4, 0.5) is 19.0 Å². The van der Waals surface area contributed by atoms with Crippen LogP contribution in [-0.4, -0.2) is 34.5 Å². The average molecular weight is 468 g/mol. The van der Waals surface area contributed by atoms with Crippen LogP contribution in [0.3, 0.4) is 0 Å². The summed E-state index contributed by atoms with van der Waals surface area (Å²) in [6.45, 7) is 0.598. The lowest BCUT2D eigenvalue weighted by molar-refractivity contribution is -0.153.